The van der Waals surface area contributed by atoms with Gasteiger partial charge in [-0.15, -0.1) is 0 Å². The highest BCUT2D eigenvalue weighted by Crippen LogP contribution is 2.22. The minimum atomic E-state index is -3.38. The zero-order chi connectivity index (χ0) is 15.5. The number of sulfonamides is 1. The number of nitrogens with two attached hydrogens (primary N) is 1. The first kappa shape index (κ1) is 16.4. The smallest absolute Gasteiger partial charge is 0.243 e. The number of rotatable bonds is 5. The van der Waals surface area contributed by atoms with Crippen LogP contribution in [0.2, 0.25) is 0 Å². The first-order valence-corrected chi connectivity index (χ1v) is 8.84. The molecule has 1 aliphatic heterocycles. The van der Waals surface area contributed by atoms with Gasteiger partial charge in [0, 0.05) is 19.1 Å². The second-order valence-electron chi connectivity index (χ2n) is 5.81. The minimum Gasteiger partial charge on any atom is -0.330 e. The summed E-state index contributed by atoms with van der Waals surface area (Å²) >= 11 is 0. The Balaban J connectivity index is 2.17. The average Bonchev–Trinajstić information content (AvgIpc) is 2.48. The highest BCUT2D eigenvalue weighted by Gasteiger charge is 2.30. The minimum absolute atomic E-state index is 0.296. The lowest BCUT2D eigenvalue weighted by molar-refractivity contribution is 0.190. The number of hydrogen-bond acceptors (Lipinski definition) is 4. The van der Waals surface area contributed by atoms with Gasteiger partial charge in [0.15, 0.2) is 0 Å². The van der Waals surface area contributed by atoms with Gasteiger partial charge in [0.1, 0.15) is 0 Å². The Morgan fingerprint density at radius 1 is 1.29 bits per heavy atom. The molecule has 0 saturated carbocycles. The van der Waals surface area contributed by atoms with Gasteiger partial charge in [0.05, 0.1) is 4.90 Å². The predicted octanol–water partition coefficient (Wildman–Crippen LogP) is 0.903. The summed E-state index contributed by atoms with van der Waals surface area (Å²) in [6.07, 6.45) is 2.73. The van der Waals surface area contributed by atoms with Gasteiger partial charge < -0.3 is 10.6 Å². The molecule has 1 aliphatic rings. The van der Waals surface area contributed by atoms with E-state index in [-0.39, 0.29) is 0 Å². The lowest BCUT2D eigenvalue weighted by Gasteiger charge is -2.35. The van der Waals surface area contributed by atoms with Crippen LogP contribution >= 0.6 is 0 Å². The van der Waals surface area contributed by atoms with Gasteiger partial charge in [-0.3, -0.25) is 0 Å². The number of likely N-dealkylation sites (N-methyl/N-ethyl adjacent to an activating group) is 1. The van der Waals surface area contributed by atoms with Gasteiger partial charge in [-0.1, -0.05) is 12.1 Å². The van der Waals surface area contributed by atoms with Crippen LogP contribution in [0.4, 0.5) is 0 Å². The Labute approximate surface area is 127 Å². The maximum absolute atomic E-state index is 12.7. The predicted molar refractivity (Wildman–Crippen MR) is 84.7 cm³/mol. The summed E-state index contributed by atoms with van der Waals surface area (Å²) in [5.74, 6) is 0. The number of piperidine rings is 1. The first-order chi connectivity index (χ1) is 9.95. The molecule has 118 valence electrons. The molecular weight excluding hydrogens is 286 g/mol. The molecule has 0 radical (unpaired) electrons. The molecule has 21 heavy (non-hydrogen) atoms. The highest BCUT2D eigenvalue weighted by atomic mass is 32.2. The topological polar surface area (TPSA) is 66.6 Å². The van der Waals surface area contributed by atoms with Gasteiger partial charge in [0.25, 0.3) is 0 Å². The third-order valence-corrected chi connectivity index (χ3v) is 5.96. The summed E-state index contributed by atoms with van der Waals surface area (Å²) < 4.78 is 27.0. The quantitative estimate of drug-likeness (QED) is 0.877. The van der Waals surface area contributed by atoms with Crippen LogP contribution < -0.4 is 5.73 Å². The maximum atomic E-state index is 12.7. The fraction of sp³-hybridized carbons (Fsp3) is 0.600. The lowest BCUT2D eigenvalue weighted by Crippen LogP contribution is -2.47. The van der Waals surface area contributed by atoms with E-state index in [4.69, 9.17) is 5.73 Å². The Morgan fingerprint density at radius 3 is 2.52 bits per heavy atom. The molecule has 2 rings (SSSR count). The van der Waals surface area contributed by atoms with Crippen LogP contribution in [0.3, 0.4) is 0 Å². The van der Waals surface area contributed by atoms with Crippen LogP contribution in [-0.2, 0) is 16.4 Å². The van der Waals surface area contributed by atoms with Crippen molar-refractivity contribution in [3.63, 3.8) is 0 Å². The maximum Gasteiger partial charge on any atom is 0.243 e. The Morgan fingerprint density at radius 2 is 1.95 bits per heavy atom. The van der Waals surface area contributed by atoms with Crippen molar-refractivity contribution in [1.82, 2.24) is 9.21 Å². The number of nitrogens with zero attached hydrogens (tertiary/aromatic N) is 2. The summed E-state index contributed by atoms with van der Waals surface area (Å²) in [6.45, 7) is 1.75. The molecule has 0 amide bonds. The normalized spacial score (nSPS) is 20.9. The monoisotopic (exact) mass is 311 g/mol. The van der Waals surface area contributed by atoms with E-state index in [1.165, 1.54) is 0 Å². The highest BCUT2D eigenvalue weighted by molar-refractivity contribution is 7.89. The van der Waals surface area contributed by atoms with Crippen LogP contribution in [0.15, 0.2) is 29.2 Å². The molecule has 1 unspecified atom stereocenters. The summed E-state index contributed by atoms with van der Waals surface area (Å²) in [7, 11) is 0.620. The Hall–Kier alpha value is -0.950. The van der Waals surface area contributed by atoms with Crippen molar-refractivity contribution in [2.24, 2.45) is 5.73 Å². The van der Waals surface area contributed by atoms with Crippen molar-refractivity contribution in [3.05, 3.63) is 29.8 Å². The van der Waals surface area contributed by atoms with Gasteiger partial charge in [-0.25, -0.2) is 8.42 Å². The first-order valence-electron chi connectivity index (χ1n) is 7.40. The summed E-state index contributed by atoms with van der Waals surface area (Å²) in [5, 5.41) is 0. The molecule has 0 aromatic heterocycles. The molecule has 1 saturated heterocycles. The molecule has 0 spiro atoms. The lowest BCUT2D eigenvalue weighted by atomic mass is 10.1. The number of benzene rings is 1. The zero-order valence-electron chi connectivity index (χ0n) is 12.8. The van der Waals surface area contributed by atoms with E-state index >= 15 is 0 Å². The fourth-order valence-electron chi connectivity index (χ4n) is 2.70. The molecule has 5 nitrogen and oxygen atoms in total. The molecule has 0 aliphatic carbocycles. The van der Waals surface area contributed by atoms with Crippen LogP contribution in [0.25, 0.3) is 0 Å². The Bertz CT molecular complexity index is 555. The number of hydrogen-bond donors (Lipinski definition) is 1. The molecule has 1 aromatic carbocycles. The fourth-order valence-corrected chi connectivity index (χ4v) is 4.22. The summed E-state index contributed by atoms with van der Waals surface area (Å²) in [6, 6.07) is 7.39. The van der Waals surface area contributed by atoms with Crippen LogP contribution in [0.5, 0.6) is 0 Å². The van der Waals surface area contributed by atoms with Crippen molar-refractivity contribution in [3.8, 4) is 0 Å². The molecule has 6 heteroatoms. The zero-order valence-corrected chi connectivity index (χ0v) is 13.6. The molecule has 0 bridgehead atoms. The van der Waals surface area contributed by atoms with E-state index < -0.39 is 10.0 Å². The van der Waals surface area contributed by atoms with Crippen LogP contribution in [-0.4, -0.2) is 57.4 Å². The van der Waals surface area contributed by atoms with Crippen molar-refractivity contribution >= 4 is 10.0 Å². The molecule has 1 atom stereocenters. The van der Waals surface area contributed by atoms with E-state index in [0.717, 1.165) is 24.8 Å². The van der Waals surface area contributed by atoms with E-state index in [9.17, 15) is 8.42 Å². The molecule has 2 N–H and O–H groups in total. The molecule has 1 fully saturated rings. The molecular formula is C15H25N3O2S. The van der Waals surface area contributed by atoms with E-state index in [1.807, 2.05) is 26.2 Å². The van der Waals surface area contributed by atoms with Crippen LogP contribution in [0.1, 0.15) is 18.4 Å². The van der Waals surface area contributed by atoms with Gasteiger partial charge in [-0.2, -0.15) is 4.31 Å². The van der Waals surface area contributed by atoms with Crippen molar-refractivity contribution < 1.29 is 8.42 Å². The second-order valence-corrected chi connectivity index (χ2v) is 7.74. The van der Waals surface area contributed by atoms with Crippen LogP contribution in [0, 0.1) is 0 Å². The third-order valence-electron chi connectivity index (χ3n) is 4.08. The molecule has 1 aromatic rings. The third kappa shape index (κ3) is 3.83. The van der Waals surface area contributed by atoms with E-state index in [2.05, 4.69) is 4.90 Å². The van der Waals surface area contributed by atoms with Crippen molar-refractivity contribution in [2.75, 3.05) is 33.7 Å². The standard InChI is InChI=1S/C15H25N3O2S/c1-17(2)14-4-3-11-18(12-14)21(19,20)15-7-5-13(6-8-15)9-10-16/h5-8,14H,3-4,9-12,16H2,1-2H3. The summed E-state index contributed by atoms with van der Waals surface area (Å²) in [5.41, 5.74) is 6.58. The van der Waals surface area contributed by atoms with Crippen molar-refractivity contribution in [1.29, 1.82) is 0 Å². The van der Waals surface area contributed by atoms with E-state index in [1.54, 1.807) is 16.4 Å². The van der Waals surface area contributed by atoms with Gasteiger partial charge >= 0.3 is 0 Å². The van der Waals surface area contributed by atoms with Crippen molar-refractivity contribution in [2.45, 2.75) is 30.2 Å². The van der Waals surface area contributed by atoms with Gasteiger partial charge in [0.2, 0.25) is 10.0 Å². The second kappa shape index (κ2) is 6.87. The molecule has 1 heterocycles. The van der Waals surface area contributed by atoms with Gasteiger partial charge in [-0.05, 0) is 57.6 Å². The summed E-state index contributed by atoms with van der Waals surface area (Å²) in [4.78, 5) is 2.48. The average molecular weight is 311 g/mol. The van der Waals surface area contributed by atoms with E-state index in [0.29, 0.717) is 30.6 Å². The SMILES string of the molecule is CN(C)C1CCCN(S(=O)(=O)c2ccc(CCN)cc2)C1. The Kier molecular flexibility index (Phi) is 5.37. The largest absolute Gasteiger partial charge is 0.330 e.